The lowest BCUT2D eigenvalue weighted by atomic mass is 10.2. The monoisotopic (exact) mass is 323 g/mol. The lowest BCUT2D eigenvalue weighted by Crippen LogP contribution is -2.24. The zero-order valence-electron chi connectivity index (χ0n) is 12.7. The van der Waals surface area contributed by atoms with Crippen LogP contribution < -0.4 is 9.47 Å². The van der Waals surface area contributed by atoms with Gasteiger partial charge in [-0.1, -0.05) is 23.7 Å². The van der Waals surface area contributed by atoms with Gasteiger partial charge in [-0.15, -0.1) is 0 Å². The highest BCUT2D eigenvalue weighted by Crippen LogP contribution is 2.23. The van der Waals surface area contributed by atoms with Crippen LogP contribution in [0.4, 0.5) is 4.39 Å². The molecule has 0 atom stereocenters. The second kappa shape index (κ2) is 8.01. The lowest BCUT2D eigenvalue weighted by molar-refractivity contribution is 0.225. The van der Waals surface area contributed by atoms with E-state index in [9.17, 15) is 4.39 Å². The summed E-state index contributed by atoms with van der Waals surface area (Å²) >= 11 is 6.02. The Kier molecular flexibility index (Phi) is 6.04. The van der Waals surface area contributed by atoms with E-state index in [-0.39, 0.29) is 11.6 Å². The zero-order chi connectivity index (χ0) is 15.9. The Morgan fingerprint density at radius 1 is 1.14 bits per heavy atom. The molecule has 0 heterocycles. The second-order valence-corrected chi connectivity index (χ2v) is 5.41. The summed E-state index contributed by atoms with van der Waals surface area (Å²) in [4.78, 5) is 2.06. The van der Waals surface area contributed by atoms with Crippen LogP contribution in [-0.2, 0) is 6.54 Å². The molecule has 2 aromatic carbocycles. The predicted molar refractivity (Wildman–Crippen MR) is 86.2 cm³/mol. The number of hydrogen-bond donors (Lipinski definition) is 0. The van der Waals surface area contributed by atoms with E-state index in [1.54, 1.807) is 31.4 Å². The fourth-order valence-electron chi connectivity index (χ4n) is 2.11. The first-order valence-corrected chi connectivity index (χ1v) is 7.36. The first-order valence-electron chi connectivity index (χ1n) is 6.98. The number of para-hydroxylation sites is 1. The maximum atomic E-state index is 13.4. The second-order valence-electron chi connectivity index (χ2n) is 4.97. The van der Waals surface area contributed by atoms with Crippen molar-refractivity contribution >= 4 is 11.6 Å². The SMILES string of the molecule is COc1ccc(Cl)cc1CN(C)CCOc1ccccc1F. The number of methoxy groups -OCH3 is 1. The van der Waals surface area contributed by atoms with Gasteiger partial charge in [0.05, 0.1) is 7.11 Å². The molecule has 0 bridgehead atoms. The van der Waals surface area contributed by atoms with Crippen LogP contribution in [0.25, 0.3) is 0 Å². The van der Waals surface area contributed by atoms with Crippen molar-refractivity contribution in [3.05, 3.63) is 58.9 Å². The molecule has 2 aromatic rings. The fourth-order valence-corrected chi connectivity index (χ4v) is 2.31. The predicted octanol–water partition coefficient (Wildman–Crippen LogP) is 4.00. The lowest BCUT2D eigenvalue weighted by Gasteiger charge is -2.19. The summed E-state index contributed by atoms with van der Waals surface area (Å²) in [6.07, 6.45) is 0. The van der Waals surface area contributed by atoms with Gasteiger partial charge in [0, 0.05) is 23.7 Å². The molecule has 118 valence electrons. The van der Waals surface area contributed by atoms with E-state index >= 15 is 0 Å². The van der Waals surface area contributed by atoms with Crippen LogP contribution in [0.3, 0.4) is 0 Å². The number of hydrogen-bond acceptors (Lipinski definition) is 3. The molecule has 2 rings (SSSR count). The summed E-state index contributed by atoms with van der Waals surface area (Å²) < 4.78 is 24.2. The van der Waals surface area contributed by atoms with Crippen molar-refractivity contribution in [2.24, 2.45) is 0 Å². The molecule has 0 aliphatic rings. The Bertz CT molecular complexity index is 621. The molecule has 0 radical (unpaired) electrons. The third-order valence-corrected chi connectivity index (χ3v) is 3.49. The largest absolute Gasteiger partial charge is 0.496 e. The van der Waals surface area contributed by atoms with Crippen molar-refractivity contribution < 1.29 is 13.9 Å². The fraction of sp³-hybridized carbons (Fsp3) is 0.294. The van der Waals surface area contributed by atoms with Gasteiger partial charge in [-0.3, -0.25) is 4.90 Å². The van der Waals surface area contributed by atoms with Crippen LogP contribution in [-0.4, -0.2) is 32.2 Å². The highest BCUT2D eigenvalue weighted by molar-refractivity contribution is 6.30. The van der Waals surface area contributed by atoms with E-state index in [0.717, 1.165) is 11.3 Å². The molecular weight excluding hydrogens is 305 g/mol. The summed E-state index contributed by atoms with van der Waals surface area (Å²) in [7, 11) is 3.60. The molecule has 0 unspecified atom stereocenters. The minimum atomic E-state index is -0.346. The maximum Gasteiger partial charge on any atom is 0.165 e. The normalized spacial score (nSPS) is 10.8. The molecule has 0 N–H and O–H groups in total. The van der Waals surface area contributed by atoms with Gasteiger partial charge in [0.15, 0.2) is 11.6 Å². The van der Waals surface area contributed by atoms with E-state index in [1.807, 2.05) is 19.2 Å². The zero-order valence-corrected chi connectivity index (χ0v) is 13.4. The van der Waals surface area contributed by atoms with Crippen LogP contribution in [0.5, 0.6) is 11.5 Å². The van der Waals surface area contributed by atoms with Gasteiger partial charge in [-0.05, 0) is 37.4 Å². The van der Waals surface area contributed by atoms with Gasteiger partial charge in [0.1, 0.15) is 12.4 Å². The minimum absolute atomic E-state index is 0.274. The Balaban J connectivity index is 1.87. The topological polar surface area (TPSA) is 21.7 Å². The van der Waals surface area contributed by atoms with Gasteiger partial charge < -0.3 is 9.47 Å². The maximum absolute atomic E-state index is 13.4. The van der Waals surface area contributed by atoms with E-state index in [4.69, 9.17) is 21.1 Å². The van der Waals surface area contributed by atoms with Crippen LogP contribution in [0.15, 0.2) is 42.5 Å². The summed E-state index contributed by atoms with van der Waals surface area (Å²) in [5.41, 5.74) is 1.00. The van der Waals surface area contributed by atoms with Crippen molar-refractivity contribution in [3.8, 4) is 11.5 Å². The van der Waals surface area contributed by atoms with Crippen LogP contribution in [0.1, 0.15) is 5.56 Å². The number of halogens is 2. The van der Waals surface area contributed by atoms with Gasteiger partial charge in [0.2, 0.25) is 0 Å². The Morgan fingerprint density at radius 3 is 2.64 bits per heavy atom. The van der Waals surface area contributed by atoms with E-state index in [0.29, 0.717) is 24.7 Å². The standard InChI is InChI=1S/C17H19ClFNO2/c1-20(9-10-22-17-6-4-3-5-15(17)19)12-13-11-14(18)7-8-16(13)21-2/h3-8,11H,9-10,12H2,1-2H3. The van der Waals surface area contributed by atoms with E-state index < -0.39 is 0 Å². The number of nitrogens with zero attached hydrogens (tertiary/aromatic N) is 1. The van der Waals surface area contributed by atoms with E-state index in [2.05, 4.69) is 4.90 Å². The molecule has 5 heteroatoms. The first-order chi connectivity index (χ1) is 10.6. The van der Waals surface area contributed by atoms with Crippen molar-refractivity contribution in [3.63, 3.8) is 0 Å². The average molecular weight is 324 g/mol. The summed E-state index contributed by atoms with van der Waals surface area (Å²) in [6, 6.07) is 11.9. The average Bonchev–Trinajstić information content (AvgIpc) is 2.49. The Hall–Kier alpha value is -1.78. The van der Waals surface area contributed by atoms with Gasteiger partial charge in [-0.25, -0.2) is 4.39 Å². The highest BCUT2D eigenvalue weighted by atomic mass is 35.5. The van der Waals surface area contributed by atoms with Crippen molar-refractivity contribution in [1.29, 1.82) is 0 Å². The minimum Gasteiger partial charge on any atom is -0.496 e. The van der Waals surface area contributed by atoms with Crippen molar-refractivity contribution in [2.45, 2.75) is 6.54 Å². The van der Waals surface area contributed by atoms with Crippen LogP contribution >= 0.6 is 11.6 Å². The highest BCUT2D eigenvalue weighted by Gasteiger charge is 2.08. The Morgan fingerprint density at radius 2 is 1.91 bits per heavy atom. The number of rotatable bonds is 7. The summed E-state index contributed by atoms with van der Waals surface area (Å²) in [5.74, 6) is 0.726. The third-order valence-electron chi connectivity index (χ3n) is 3.25. The number of benzene rings is 2. The molecule has 0 saturated heterocycles. The molecule has 0 aromatic heterocycles. The van der Waals surface area contributed by atoms with Gasteiger partial charge in [-0.2, -0.15) is 0 Å². The van der Waals surface area contributed by atoms with Crippen molar-refractivity contribution in [2.75, 3.05) is 27.3 Å². The quantitative estimate of drug-likeness (QED) is 0.768. The molecule has 0 fully saturated rings. The molecular formula is C17H19ClFNO2. The number of ether oxygens (including phenoxy) is 2. The first kappa shape index (κ1) is 16.6. The summed E-state index contributed by atoms with van der Waals surface area (Å²) in [5, 5.41) is 0.673. The molecule has 0 amide bonds. The van der Waals surface area contributed by atoms with Crippen LogP contribution in [0.2, 0.25) is 5.02 Å². The van der Waals surface area contributed by atoms with Gasteiger partial charge in [0.25, 0.3) is 0 Å². The molecule has 0 saturated carbocycles. The van der Waals surface area contributed by atoms with Gasteiger partial charge >= 0.3 is 0 Å². The molecule has 0 spiro atoms. The third kappa shape index (κ3) is 4.61. The summed E-state index contributed by atoms with van der Waals surface area (Å²) in [6.45, 7) is 1.73. The molecule has 3 nitrogen and oxygen atoms in total. The number of likely N-dealkylation sites (N-methyl/N-ethyl adjacent to an activating group) is 1. The molecule has 0 aliphatic carbocycles. The van der Waals surface area contributed by atoms with Crippen molar-refractivity contribution in [1.82, 2.24) is 4.90 Å². The Labute approximate surface area is 135 Å². The molecule has 22 heavy (non-hydrogen) atoms. The molecule has 0 aliphatic heterocycles. The van der Waals surface area contributed by atoms with E-state index in [1.165, 1.54) is 6.07 Å². The smallest absolute Gasteiger partial charge is 0.165 e. The van der Waals surface area contributed by atoms with Crippen LogP contribution in [0, 0.1) is 5.82 Å².